The smallest absolute Gasteiger partial charge is 0.0517 e. The first-order chi connectivity index (χ1) is 5.24. The lowest BCUT2D eigenvalue weighted by molar-refractivity contribution is 0.892. The zero-order chi connectivity index (χ0) is 8.27. The summed E-state index contributed by atoms with van der Waals surface area (Å²) in [5.74, 6) is 5.67. The molecule has 0 saturated heterocycles. The predicted molar refractivity (Wildman–Crippen MR) is 53.0 cm³/mol. The van der Waals surface area contributed by atoms with E-state index in [1.165, 1.54) is 5.30 Å². The van der Waals surface area contributed by atoms with Gasteiger partial charge in [0.1, 0.15) is 0 Å². The molecule has 1 unspecified atom stereocenters. The molecule has 60 valence electrons. The van der Waals surface area contributed by atoms with Crippen molar-refractivity contribution in [2.24, 2.45) is 5.84 Å². The third-order valence-electron chi connectivity index (χ3n) is 1.57. The van der Waals surface area contributed by atoms with Crippen LogP contribution in [0.3, 0.4) is 0 Å². The molecule has 0 fully saturated rings. The van der Waals surface area contributed by atoms with E-state index in [9.17, 15) is 0 Å². The summed E-state index contributed by atoms with van der Waals surface area (Å²) in [5.41, 5.74) is 1.05. The molecule has 0 aromatic heterocycles. The number of benzene rings is 1. The van der Waals surface area contributed by atoms with Crippen LogP contribution in [0.2, 0.25) is 0 Å². The van der Waals surface area contributed by atoms with Crippen LogP contribution in [-0.4, -0.2) is 6.54 Å². The quantitative estimate of drug-likeness (QED) is 0.403. The van der Waals surface area contributed by atoms with Crippen molar-refractivity contribution in [3.63, 3.8) is 0 Å². The number of anilines is 1. The van der Waals surface area contributed by atoms with E-state index >= 15 is 0 Å². The van der Waals surface area contributed by atoms with Gasteiger partial charge in [-0.3, -0.25) is 0 Å². The van der Waals surface area contributed by atoms with Gasteiger partial charge < -0.3 is 5.01 Å². The van der Waals surface area contributed by atoms with Crippen molar-refractivity contribution in [3.8, 4) is 0 Å². The summed E-state index contributed by atoms with van der Waals surface area (Å²) in [6.45, 7) is 2.85. The molecule has 1 atom stereocenters. The molecule has 0 heterocycles. The molecule has 3 heteroatoms. The zero-order valence-corrected chi connectivity index (χ0v) is 7.77. The Labute approximate surface area is 69.6 Å². The molecule has 0 aliphatic rings. The van der Waals surface area contributed by atoms with Crippen LogP contribution in [0.1, 0.15) is 6.92 Å². The van der Waals surface area contributed by atoms with Gasteiger partial charge in [-0.15, -0.1) is 9.24 Å². The fraction of sp³-hybridized carbons (Fsp3) is 0.250. The molecule has 1 rings (SSSR count). The van der Waals surface area contributed by atoms with E-state index in [-0.39, 0.29) is 0 Å². The average molecular weight is 168 g/mol. The summed E-state index contributed by atoms with van der Waals surface area (Å²) in [7, 11) is 2.64. The van der Waals surface area contributed by atoms with Gasteiger partial charge in [-0.25, -0.2) is 5.84 Å². The van der Waals surface area contributed by atoms with Crippen molar-refractivity contribution >= 4 is 20.2 Å². The Morgan fingerprint density at radius 2 is 1.91 bits per heavy atom. The number of rotatable bonds is 2. The van der Waals surface area contributed by atoms with Gasteiger partial charge in [-0.1, -0.05) is 12.1 Å². The van der Waals surface area contributed by atoms with E-state index in [0.29, 0.717) is 0 Å². The largest absolute Gasteiger partial charge is 0.311 e. The minimum absolute atomic E-state index is 0.830. The van der Waals surface area contributed by atoms with Crippen molar-refractivity contribution in [1.29, 1.82) is 0 Å². The summed E-state index contributed by atoms with van der Waals surface area (Å²) in [5, 5.41) is 2.89. The van der Waals surface area contributed by atoms with Crippen molar-refractivity contribution in [2.75, 3.05) is 11.6 Å². The first-order valence-electron chi connectivity index (χ1n) is 3.62. The van der Waals surface area contributed by atoms with Crippen molar-refractivity contribution in [1.82, 2.24) is 0 Å². The van der Waals surface area contributed by atoms with E-state index in [1.54, 1.807) is 5.01 Å². The number of nitrogens with zero attached hydrogens (tertiary/aromatic N) is 1. The van der Waals surface area contributed by atoms with Gasteiger partial charge >= 0.3 is 0 Å². The van der Waals surface area contributed by atoms with Crippen molar-refractivity contribution in [3.05, 3.63) is 24.3 Å². The molecule has 2 nitrogen and oxygen atoms in total. The molecule has 0 aliphatic carbocycles. The highest BCUT2D eigenvalue weighted by atomic mass is 31.0. The standard InChI is InChI=1S/C8H13N2P/c1-2-10(9)7-3-5-8(11)6-4-7/h3-6H,2,9,11H2,1H3. The van der Waals surface area contributed by atoms with Crippen LogP contribution in [0, 0.1) is 0 Å². The Hall–Kier alpha value is -0.590. The van der Waals surface area contributed by atoms with Crippen LogP contribution >= 0.6 is 9.24 Å². The lowest BCUT2D eigenvalue weighted by Crippen LogP contribution is -2.30. The zero-order valence-electron chi connectivity index (χ0n) is 6.62. The Morgan fingerprint density at radius 1 is 1.36 bits per heavy atom. The third-order valence-corrected chi connectivity index (χ3v) is 1.95. The fourth-order valence-electron chi connectivity index (χ4n) is 0.848. The van der Waals surface area contributed by atoms with E-state index < -0.39 is 0 Å². The second kappa shape index (κ2) is 3.70. The molecule has 0 spiro atoms. The van der Waals surface area contributed by atoms with Gasteiger partial charge in [-0.2, -0.15) is 0 Å². The molecular formula is C8H13N2P. The first-order valence-corrected chi connectivity index (χ1v) is 4.19. The summed E-state index contributed by atoms with van der Waals surface area (Å²) >= 11 is 0. The molecule has 0 bridgehead atoms. The lowest BCUT2D eigenvalue weighted by Gasteiger charge is -2.15. The molecular weight excluding hydrogens is 155 g/mol. The van der Waals surface area contributed by atoms with Crippen LogP contribution in [0.4, 0.5) is 5.69 Å². The molecule has 1 aromatic rings. The normalized spacial score (nSPS) is 9.73. The van der Waals surface area contributed by atoms with Gasteiger partial charge in [0.25, 0.3) is 0 Å². The Morgan fingerprint density at radius 3 is 2.36 bits per heavy atom. The molecule has 0 aliphatic heterocycles. The van der Waals surface area contributed by atoms with Gasteiger partial charge in [-0.05, 0) is 24.4 Å². The van der Waals surface area contributed by atoms with Crippen LogP contribution in [0.15, 0.2) is 24.3 Å². The Balaban J connectivity index is 2.81. The van der Waals surface area contributed by atoms with Crippen molar-refractivity contribution < 1.29 is 0 Å². The number of hydrogen-bond donors (Lipinski definition) is 1. The van der Waals surface area contributed by atoms with Crippen LogP contribution in [0.25, 0.3) is 0 Å². The fourth-order valence-corrected chi connectivity index (χ4v) is 1.04. The summed E-state index contributed by atoms with van der Waals surface area (Å²) in [6.07, 6.45) is 0. The maximum absolute atomic E-state index is 5.67. The molecule has 11 heavy (non-hydrogen) atoms. The van der Waals surface area contributed by atoms with E-state index in [1.807, 2.05) is 31.2 Å². The second-order valence-corrected chi connectivity index (χ2v) is 3.04. The number of hydrogen-bond acceptors (Lipinski definition) is 2. The monoisotopic (exact) mass is 168 g/mol. The third kappa shape index (κ3) is 2.18. The van der Waals surface area contributed by atoms with Crippen LogP contribution < -0.4 is 16.2 Å². The van der Waals surface area contributed by atoms with Gasteiger partial charge in [0, 0.05) is 6.54 Å². The maximum Gasteiger partial charge on any atom is 0.0517 e. The SMILES string of the molecule is CCN(N)c1ccc(P)cc1. The highest BCUT2D eigenvalue weighted by Crippen LogP contribution is 2.08. The number of nitrogens with two attached hydrogens (primary N) is 1. The van der Waals surface area contributed by atoms with Crippen LogP contribution in [0.5, 0.6) is 0 Å². The van der Waals surface area contributed by atoms with Crippen LogP contribution in [-0.2, 0) is 0 Å². The summed E-state index contributed by atoms with van der Waals surface area (Å²) in [6, 6.07) is 8.06. The highest BCUT2D eigenvalue weighted by molar-refractivity contribution is 7.27. The van der Waals surface area contributed by atoms with Gasteiger partial charge in [0.05, 0.1) is 5.69 Å². The van der Waals surface area contributed by atoms with E-state index in [0.717, 1.165) is 12.2 Å². The predicted octanol–water partition coefficient (Wildman–Crippen LogP) is 0.887. The van der Waals surface area contributed by atoms with Gasteiger partial charge in [0.2, 0.25) is 0 Å². The lowest BCUT2D eigenvalue weighted by atomic mass is 10.3. The summed E-state index contributed by atoms with van der Waals surface area (Å²) in [4.78, 5) is 0. The number of hydrazine groups is 1. The molecule has 0 amide bonds. The van der Waals surface area contributed by atoms with Crippen molar-refractivity contribution in [2.45, 2.75) is 6.92 Å². The molecule has 0 radical (unpaired) electrons. The molecule has 0 saturated carbocycles. The minimum Gasteiger partial charge on any atom is -0.311 e. The molecule has 2 N–H and O–H groups in total. The second-order valence-electron chi connectivity index (χ2n) is 2.38. The Bertz CT molecular complexity index is 220. The van der Waals surface area contributed by atoms with E-state index in [4.69, 9.17) is 5.84 Å². The average Bonchev–Trinajstić information content (AvgIpc) is 2.05. The minimum atomic E-state index is 0.830. The van der Waals surface area contributed by atoms with E-state index in [2.05, 4.69) is 9.24 Å². The highest BCUT2D eigenvalue weighted by Gasteiger charge is 1.95. The Kier molecular flexibility index (Phi) is 2.86. The summed E-state index contributed by atoms with van der Waals surface area (Å²) < 4.78 is 0. The van der Waals surface area contributed by atoms with Gasteiger partial charge in [0.15, 0.2) is 0 Å². The maximum atomic E-state index is 5.67. The first kappa shape index (κ1) is 8.51. The topological polar surface area (TPSA) is 29.3 Å². The molecule has 1 aromatic carbocycles.